The summed E-state index contributed by atoms with van der Waals surface area (Å²) in [6, 6.07) is 10.1. The molecule has 2 rings (SSSR count). The van der Waals surface area contributed by atoms with Gasteiger partial charge in [-0.2, -0.15) is 0 Å². The Balaban J connectivity index is 2.50. The fourth-order valence-corrected chi connectivity index (χ4v) is 3.53. The first-order valence-electron chi connectivity index (χ1n) is 5.88. The molecule has 112 valence electrons. The van der Waals surface area contributed by atoms with Crippen LogP contribution in [0.15, 0.2) is 41.3 Å². The van der Waals surface area contributed by atoms with E-state index in [0.717, 1.165) is 3.57 Å². The number of anilines is 3. The third-order valence-electron chi connectivity index (χ3n) is 2.76. The van der Waals surface area contributed by atoms with E-state index in [0.29, 0.717) is 22.1 Å². The topological polar surface area (TPSA) is 84.2 Å². The van der Waals surface area contributed by atoms with E-state index in [9.17, 15) is 8.42 Å². The zero-order valence-electron chi connectivity index (χ0n) is 11.0. The van der Waals surface area contributed by atoms with Crippen molar-refractivity contribution in [3.63, 3.8) is 0 Å². The molecule has 21 heavy (non-hydrogen) atoms. The fraction of sp³-hybridized carbons (Fsp3) is 0.0769. The van der Waals surface area contributed by atoms with Crippen LogP contribution in [0.1, 0.15) is 0 Å². The molecule has 5 nitrogen and oxygen atoms in total. The average Bonchev–Trinajstić information content (AvgIpc) is 2.43. The second-order valence-electron chi connectivity index (χ2n) is 4.21. The molecule has 0 fully saturated rings. The second-order valence-corrected chi connectivity index (χ2v) is 7.72. The van der Waals surface area contributed by atoms with Crippen LogP contribution in [-0.4, -0.2) is 15.5 Å². The van der Waals surface area contributed by atoms with Crippen LogP contribution >= 0.6 is 34.2 Å². The number of nitrogens with one attached hydrogen (secondary N) is 2. The van der Waals surface area contributed by atoms with Crippen molar-refractivity contribution in [2.24, 2.45) is 0 Å². The number of nitrogen functional groups attached to an aromatic ring is 1. The molecule has 0 saturated heterocycles. The Kier molecular flexibility index (Phi) is 4.97. The van der Waals surface area contributed by atoms with Gasteiger partial charge in [0.25, 0.3) is 0 Å². The van der Waals surface area contributed by atoms with Crippen LogP contribution in [0.5, 0.6) is 0 Å². The van der Waals surface area contributed by atoms with Crippen molar-refractivity contribution < 1.29 is 8.42 Å². The van der Waals surface area contributed by atoms with Gasteiger partial charge in [-0.05, 0) is 66.0 Å². The van der Waals surface area contributed by atoms with Crippen LogP contribution in [-0.2, 0) is 10.0 Å². The van der Waals surface area contributed by atoms with Crippen molar-refractivity contribution in [3.8, 4) is 0 Å². The van der Waals surface area contributed by atoms with E-state index in [1.165, 1.54) is 13.1 Å². The van der Waals surface area contributed by atoms with Gasteiger partial charge in [0.2, 0.25) is 10.0 Å². The molecule has 2 aromatic carbocycles. The molecule has 0 aliphatic carbocycles. The maximum Gasteiger partial charge on any atom is 0.242 e. The summed E-state index contributed by atoms with van der Waals surface area (Å²) >= 11 is 8.30. The molecule has 0 saturated carbocycles. The zero-order chi connectivity index (χ0) is 15.6. The molecule has 0 radical (unpaired) electrons. The fourth-order valence-electron chi connectivity index (χ4n) is 1.71. The standard InChI is InChI=1S/C13H13ClIN3O2S/c1-17-21(19,20)13-7-9(16)3-5-12(13)18-11-4-2-8(15)6-10(11)14/h2-7,17-18H,16H2,1H3. The number of sulfonamides is 1. The lowest BCUT2D eigenvalue weighted by Gasteiger charge is -2.14. The van der Waals surface area contributed by atoms with E-state index in [4.69, 9.17) is 17.3 Å². The van der Waals surface area contributed by atoms with Gasteiger partial charge in [-0.1, -0.05) is 11.6 Å². The van der Waals surface area contributed by atoms with E-state index >= 15 is 0 Å². The highest BCUT2D eigenvalue weighted by molar-refractivity contribution is 14.1. The minimum absolute atomic E-state index is 0.0691. The predicted octanol–water partition coefficient (Wildman–Crippen LogP) is 3.18. The van der Waals surface area contributed by atoms with Gasteiger partial charge in [0, 0.05) is 9.26 Å². The quantitative estimate of drug-likeness (QED) is 0.507. The van der Waals surface area contributed by atoms with E-state index in [1.54, 1.807) is 24.3 Å². The highest BCUT2D eigenvalue weighted by Gasteiger charge is 2.17. The molecule has 0 heterocycles. The van der Waals surface area contributed by atoms with Gasteiger partial charge in [-0.25, -0.2) is 13.1 Å². The van der Waals surface area contributed by atoms with Gasteiger partial charge in [0.15, 0.2) is 0 Å². The molecule has 0 unspecified atom stereocenters. The molecule has 0 spiro atoms. The molecule has 0 aliphatic heterocycles. The SMILES string of the molecule is CNS(=O)(=O)c1cc(N)ccc1Nc1ccc(I)cc1Cl. The van der Waals surface area contributed by atoms with Crippen LogP contribution in [0.4, 0.5) is 17.1 Å². The van der Waals surface area contributed by atoms with Crippen molar-refractivity contribution in [1.82, 2.24) is 4.72 Å². The van der Waals surface area contributed by atoms with Crippen molar-refractivity contribution >= 4 is 61.3 Å². The van der Waals surface area contributed by atoms with E-state index in [1.807, 2.05) is 6.07 Å². The molecule has 2 aromatic rings. The molecule has 0 aliphatic rings. The summed E-state index contributed by atoms with van der Waals surface area (Å²) < 4.78 is 27.4. The number of nitrogens with two attached hydrogens (primary N) is 1. The summed E-state index contributed by atoms with van der Waals surface area (Å²) in [4.78, 5) is 0.0691. The van der Waals surface area contributed by atoms with Gasteiger partial charge in [0.1, 0.15) is 4.90 Å². The Labute approximate surface area is 142 Å². The summed E-state index contributed by atoms with van der Waals surface area (Å²) in [6.45, 7) is 0. The van der Waals surface area contributed by atoms with Gasteiger partial charge in [-0.3, -0.25) is 0 Å². The smallest absolute Gasteiger partial charge is 0.242 e. The third-order valence-corrected chi connectivity index (χ3v) is 5.20. The number of hydrogen-bond donors (Lipinski definition) is 3. The largest absolute Gasteiger partial charge is 0.399 e. The number of halogens is 2. The van der Waals surface area contributed by atoms with Crippen molar-refractivity contribution in [2.75, 3.05) is 18.1 Å². The van der Waals surface area contributed by atoms with Gasteiger partial charge < -0.3 is 11.1 Å². The van der Waals surface area contributed by atoms with Crippen LogP contribution in [0.3, 0.4) is 0 Å². The van der Waals surface area contributed by atoms with Crippen LogP contribution < -0.4 is 15.8 Å². The van der Waals surface area contributed by atoms with Crippen LogP contribution in [0.25, 0.3) is 0 Å². The monoisotopic (exact) mass is 437 g/mol. The van der Waals surface area contributed by atoms with Crippen molar-refractivity contribution in [1.29, 1.82) is 0 Å². The molecule has 4 N–H and O–H groups in total. The van der Waals surface area contributed by atoms with Crippen LogP contribution in [0, 0.1) is 3.57 Å². The minimum atomic E-state index is -3.63. The predicted molar refractivity (Wildman–Crippen MR) is 94.6 cm³/mol. The molecular formula is C13H13ClIN3O2S. The lowest BCUT2D eigenvalue weighted by atomic mass is 10.2. The molecule has 0 bridgehead atoms. The summed E-state index contributed by atoms with van der Waals surface area (Å²) in [7, 11) is -2.28. The first-order valence-corrected chi connectivity index (χ1v) is 8.82. The highest BCUT2D eigenvalue weighted by Crippen LogP contribution is 2.31. The van der Waals surface area contributed by atoms with Crippen molar-refractivity contribution in [3.05, 3.63) is 45.0 Å². The lowest BCUT2D eigenvalue weighted by Crippen LogP contribution is -2.20. The molecule has 8 heteroatoms. The summed E-state index contributed by atoms with van der Waals surface area (Å²) in [5, 5.41) is 3.53. The molecule has 0 aromatic heterocycles. The Morgan fingerprint density at radius 2 is 1.81 bits per heavy atom. The van der Waals surface area contributed by atoms with E-state index < -0.39 is 10.0 Å². The summed E-state index contributed by atoms with van der Waals surface area (Å²) in [5.41, 5.74) is 7.06. The molecule has 0 atom stereocenters. The van der Waals surface area contributed by atoms with E-state index in [-0.39, 0.29) is 4.90 Å². The molecular weight excluding hydrogens is 425 g/mol. The van der Waals surface area contributed by atoms with Gasteiger partial charge in [-0.15, -0.1) is 0 Å². The number of benzene rings is 2. The first kappa shape index (κ1) is 16.3. The Morgan fingerprint density at radius 3 is 2.43 bits per heavy atom. The maximum absolute atomic E-state index is 12.1. The zero-order valence-corrected chi connectivity index (χ0v) is 14.8. The Bertz CT molecular complexity index is 781. The lowest BCUT2D eigenvalue weighted by molar-refractivity contribution is 0.588. The summed E-state index contributed by atoms with van der Waals surface area (Å²) in [6.07, 6.45) is 0. The first-order chi connectivity index (χ1) is 9.83. The highest BCUT2D eigenvalue weighted by atomic mass is 127. The Hall–Kier alpha value is -1.03. The van der Waals surface area contributed by atoms with Gasteiger partial charge in [0.05, 0.1) is 16.4 Å². The second kappa shape index (κ2) is 6.39. The maximum atomic E-state index is 12.1. The third kappa shape index (κ3) is 3.79. The summed E-state index contributed by atoms with van der Waals surface area (Å²) in [5.74, 6) is 0. The Morgan fingerprint density at radius 1 is 1.14 bits per heavy atom. The molecule has 0 amide bonds. The number of hydrogen-bond acceptors (Lipinski definition) is 4. The van der Waals surface area contributed by atoms with Crippen molar-refractivity contribution in [2.45, 2.75) is 4.90 Å². The normalized spacial score (nSPS) is 11.4. The van der Waals surface area contributed by atoms with E-state index in [2.05, 4.69) is 32.6 Å². The van der Waals surface area contributed by atoms with Crippen LogP contribution in [0.2, 0.25) is 5.02 Å². The minimum Gasteiger partial charge on any atom is -0.399 e. The number of rotatable bonds is 4. The average molecular weight is 438 g/mol. The van der Waals surface area contributed by atoms with Gasteiger partial charge >= 0.3 is 0 Å².